The van der Waals surface area contributed by atoms with Gasteiger partial charge in [-0.2, -0.15) is 0 Å². The van der Waals surface area contributed by atoms with E-state index < -0.39 is 0 Å². The Balaban J connectivity index is 2.02. The van der Waals surface area contributed by atoms with Crippen LogP contribution >= 0.6 is 0 Å². The third kappa shape index (κ3) is 2.65. The van der Waals surface area contributed by atoms with Crippen molar-refractivity contribution >= 4 is 5.78 Å². The molecule has 3 atom stereocenters. The average molecular weight is 278 g/mol. The van der Waals surface area contributed by atoms with E-state index in [1.54, 1.807) is 0 Å². The summed E-state index contributed by atoms with van der Waals surface area (Å²) in [6.45, 7) is 4.33. The van der Waals surface area contributed by atoms with Crippen LogP contribution in [-0.4, -0.2) is 5.78 Å². The van der Waals surface area contributed by atoms with Crippen LogP contribution in [0.25, 0.3) is 0 Å². The second kappa shape index (κ2) is 5.85. The Kier molecular flexibility index (Phi) is 3.92. The number of benzene rings is 2. The van der Waals surface area contributed by atoms with Gasteiger partial charge in [-0.15, -0.1) is 0 Å². The Labute approximate surface area is 127 Å². The van der Waals surface area contributed by atoms with E-state index in [-0.39, 0.29) is 11.8 Å². The zero-order valence-corrected chi connectivity index (χ0v) is 12.7. The zero-order valence-electron chi connectivity index (χ0n) is 12.7. The molecule has 0 heterocycles. The van der Waals surface area contributed by atoms with Gasteiger partial charge < -0.3 is 0 Å². The van der Waals surface area contributed by atoms with Gasteiger partial charge in [-0.05, 0) is 29.4 Å². The van der Waals surface area contributed by atoms with Crippen molar-refractivity contribution in [2.24, 2.45) is 11.8 Å². The molecule has 0 aromatic heterocycles. The maximum Gasteiger partial charge on any atom is 0.144 e. The molecule has 2 aromatic rings. The van der Waals surface area contributed by atoms with Crippen molar-refractivity contribution in [3.63, 3.8) is 0 Å². The molecule has 2 aromatic carbocycles. The maximum atomic E-state index is 12.9. The molecule has 0 bridgehead atoms. The molecule has 0 N–H and O–H groups in total. The van der Waals surface area contributed by atoms with Gasteiger partial charge in [-0.1, -0.05) is 74.5 Å². The molecule has 0 aliphatic heterocycles. The number of Topliss-reactive ketones (excluding diaryl/α,β-unsaturated/α-hetero) is 1. The Bertz CT molecular complexity index is 600. The van der Waals surface area contributed by atoms with Crippen LogP contribution < -0.4 is 0 Å². The van der Waals surface area contributed by atoms with Crippen LogP contribution in [0.5, 0.6) is 0 Å². The molecular weight excluding hydrogens is 256 g/mol. The molecule has 0 radical (unpaired) electrons. The van der Waals surface area contributed by atoms with E-state index in [0.717, 1.165) is 6.42 Å². The van der Waals surface area contributed by atoms with E-state index in [1.165, 1.54) is 11.1 Å². The summed E-state index contributed by atoms with van der Waals surface area (Å²) < 4.78 is 0. The van der Waals surface area contributed by atoms with Crippen molar-refractivity contribution in [2.45, 2.75) is 32.1 Å². The fourth-order valence-corrected chi connectivity index (χ4v) is 3.64. The molecule has 21 heavy (non-hydrogen) atoms. The van der Waals surface area contributed by atoms with Crippen LogP contribution in [0.15, 0.2) is 60.7 Å². The Morgan fingerprint density at radius 3 is 1.90 bits per heavy atom. The van der Waals surface area contributed by atoms with Crippen molar-refractivity contribution in [3.05, 3.63) is 71.8 Å². The highest BCUT2D eigenvalue weighted by atomic mass is 16.1. The summed E-state index contributed by atoms with van der Waals surface area (Å²) in [4.78, 5) is 12.9. The van der Waals surface area contributed by atoms with E-state index in [4.69, 9.17) is 0 Å². The van der Waals surface area contributed by atoms with Gasteiger partial charge in [0, 0.05) is 11.8 Å². The molecule has 1 nitrogen and oxygen atoms in total. The normalized spacial score (nSPS) is 25.5. The quantitative estimate of drug-likeness (QED) is 0.788. The van der Waals surface area contributed by atoms with E-state index >= 15 is 0 Å². The van der Waals surface area contributed by atoms with Gasteiger partial charge in [-0.25, -0.2) is 0 Å². The lowest BCUT2D eigenvalue weighted by Gasteiger charge is -2.19. The fourth-order valence-electron chi connectivity index (χ4n) is 3.64. The Morgan fingerprint density at radius 2 is 1.38 bits per heavy atom. The minimum Gasteiger partial charge on any atom is -0.299 e. The molecule has 1 heteroatoms. The lowest BCUT2D eigenvalue weighted by Crippen LogP contribution is -2.18. The maximum absolute atomic E-state index is 12.9. The molecular formula is C20H22O. The summed E-state index contributed by atoms with van der Waals surface area (Å²) in [5.41, 5.74) is 2.46. The predicted molar refractivity (Wildman–Crippen MR) is 86.3 cm³/mol. The number of rotatable bonds is 3. The van der Waals surface area contributed by atoms with Gasteiger partial charge in [0.15, 0.2) is 0 Å². The topological polar surface area (TPSA) is 17.1 Å². The van der Waals surface area contributed by atoms with Crippen LogP contribution in [0.1, 0.15) is 43.2 Å². The first-order valence-corrected chi connectivity index (χ1v) is 7.82. The van der Waals surface area contributed by atoms with E-state index in [1.807, 2.05) is 24.3 Å². The number of ketones is 1. The molecule has 0 amide bonds. The minimum absolute atomic E-state index is 0.0148. The summed E-state index contributed by atoms with van der Waals surface area (Å²) in [7, 11) is 0. The third-order valence-electron chi connectivity index (χ3n) is 4.77. The molecule has 1 aliphatic rings. The zero-order chi connectivity index (χ0) is 14.8. The van der Waals surface area contributed by atoms with Crippen LogP contribution in [0.4, 0.5) is 0 Å². The molecule has 3 unspecified atom stereocenters. The number of hydrogen-bond acceptors (Lipinski definition) is 1. The second-order valence-electron chi connectivity index (χ2n) is 6.39. The summed E-state index contributed by atoms with van der Waals surface area (Å²) in [6, 6.07) is 20.8. The highest BCUT2D eigenvalue weighted by Crippen LogP contribution is 2.48. The predicted octanol–water partition coefficient (Wildman–Crippen LogP) is 4.80. The first-order chi connectivity index (χ1) is 10.2. The molecule has 1 aliphatic carbocycles. The molecule has 3 rings (SSSR count). The largest absolute Gasteiger partial charge is 0.299 e. The van der Waals surface area contributed by atoms with Crippen LogP contribution in [0.2, 0.25) is 0 Å². The Hall–Kier alpha value is -1.89. The van der Waals surface area contributed by atoms with Crippen molar-refractivity contribution in [1.29, 1.82) is 0 Å². The van der Waals surface area contributed by atoms with Gasteiger partial charge in [0.05, 0.1) is 0 Å². The van der Waals surface area contributed by atoms with Gasteiger partial charge in [0.25, 0.3) is 0 Å². The lowest BCUT2D eigenvalue weighted by molar-refractivity contribution is -0.123. The smallest absolute Gasteiger partial charge is 0.144 e. The van der Waals surface area contributed by atoms with Crippen LogP contribution in [-0.2, 0) is 4.79 Å². The van der Waals surface area contributed by atoms with Crippen LogP contribution in [0, 0.1) is 11.8 Å². The fraction of sp³-hybridized carbons (Fsp3) is 0.350. The van der Waals surface area contributed by atoms with Crippen molar-refractivity contribution in [3.8, 4) is 0 Å². The summed E-state index contributed by atoms with van der Waals surface area (Å²) >= 11 is 0. The number of carbonyl (C=O) groups excluding carboxylic acids is 1. The summed E-state index contributed by atoms with van der Waals surface area (Å²) in [5.74, 6) is 1.34. The third-order valence-corrected chi connectivity index (χ3v) is 4.77. The molecule has 1 saturated carbocycles. The second-order valence-corrected chi connectivity index (χ2v) is 6.39. The van der Waals surface area contributed by atoms with E-state index in [0.29, 0.717) is 17.6 Å². The van der Waals surface area contributed by atoms with Crippen LogP contribution in [0.3, 0.4) is 0 Å². The standard InChI is InChI=1S/C20H22O/c1-14(2)17-13-18(15-9-5-3-6-10-15)19(20(17)21)16-11-7-4-8-12-16/h3-12,14,17-19H,13H2,1-2H3. The molecule has 1 fully saturated rings. The van der Waals surface area contributed by atoms with Gasteiger partial charge in [0.2, 0.25) is 0 Å². The number of hydrogen-bond donors (Lipinski definition) is 0. The van der Waals surface area contributed by atoms with Gasteiger partial charge >= 0.3 is 0 Å². The van der Waals surface area contributed by atoms with Crippen molar-refractivity contribution in [1.82, 2.24) is 0 Å². The Morgan fingerprint density at radius 1 is 0.857 bits per heavy atom. The first kappa shape index (κ1) is 14.1. The molecule has 0 saturated heterocycles. The monoisotopic (exact) mass is 278 g/mol. The SMILES string of the molecule is CC(C)C1CC(c2ccccc2)C(c2ccccc2)C1=O. The summed E-state index contributed by atoms with van der Waals surface area (Å²) in [6.07, 6.45) is 0.972. The van der Waals surface area contributed by atoms with Gasteiger partial charge in [-0.3, -0.25) is 4.79 Å². The first-order valence-electron chi connectivity index (χ1n) is 7.82. The number of carbonyl (C=O) groups is 1. The molecule has 0 spiro atoms. The minimum atomic E-state index is 0.0148. The highest BCUT2D eigenvalue weighted by Gasteiger charge is 2.44. The average Bonchev–Trinajstić information content (AvgIpc) is 2.87. The van der Waals surface area contributed by atoms with Crippen molar-refractivity contribution in [2.75, 3.05) is 0 Å². The highest BCUT2D eigenvalue weighted by molar-refractivity contribution is 5.91. The van der Waals surface area contributed by atoms with Gasteiger partial charge in [0.1, 0.15) is 5.78 Å². The van der Waals surface area contributed by atoms with Crippen molar-refractivity contribution < 1.29 is 4.79 Å². The lowest BCUT2D eigenvalue weighted by atomic mass is 9.84. The van der Waals surface area contributed by atoms with E-state index in [9.17, 15) is 4.79 Å². The van der Waals surface area contributed by atoms with E-state index in [2.05, 4.69) is 50.2 Å². The molecule has 108 valence electrons. The summed E-state index contributed by atoms with van der Waals surface area (Å²) in [5, 5.41) is 0.